The molecule has 136 valence electrons. The number of Topliss-reactive ketones (excluding diaryl/α,β-unsaturated/α-hetero) is 1. The Labute approximate surface area is 165 Å². The third kappa shape index (κ3) is 4.06. The van der Waals surface area contributed by atoms with Crippen molar-refractivity contribution in [2.45, 2.75) is 22.0 Å². The number of nitrogens with zero attached hydrogens (tertiary/aromatic N) is 3. The fraction of sp³-hybridized carbons (Fsp3) is 0.158. The van der Waals surface area contributed by atoms with Gasteiger partial charge in [0.25, 0.3) is 0 Å². The predicted octanol–water partition coefficient (Wildman–Crippen LogP) is 4.45. The molecule has 0 saturated carbocycles. The van der Waals surface area contributed by atoms with Gasteiger partial charge in [0.1, 0.15) is 5.75 Å². The highest BCUT2D eigenvalue weighted by molar-refractivity contribution is 8.00. The lowest BCUT2D eigenvalue weighted by molar-refractivity contribution is 0.102. The van der Waals surface area contributed by atoms with Crippen LogP contribution in [0.1, 0.15) is 17.3 Å². The second-order valence-electron chi connectivity index (χ2n) is 5.64. The SMILES string of the molecule is CCOc1ccc(C(=O)CSc2nnc3c(n2)Nc2ccccc2S3)cc1. The molecule has 0 aliphatic carbocycles. The molecular formula is C19H16N4O2S2. The van der Waals surface area contributed by atoms with E-state index in [4.69, 9.17) is 4.74 Å². The number of carbonyl (C=O) groups excluding carboxylic acids is 1. The number of benzene rings is 2. The average Bonchev–Trinajstić information content (AvgIpc) is 2.71. The zero-order chi connectivity index (χ0) is 18.6. The maximum Gasteiger partial charge on any atom is 0.211 e. The van der Waals surface area contributed by atoms with E-state index in [9.17, 15) is 4.79 Å². The van der Waals surface area contributed by atoms with Gasteiger partial charge in [-0.25, -0.2) is 4.98 Å². The Bertz CT molecular complexity index is 980. The molecule has 2 heterocycles. The summed E-state index contributed by atoms with van der Waals surface area (Å²) in [5.41, 5.74) is 1.64. The molecule has 1 N–H and O–H groups in total. The molecule has 0 amide bonds. The van der Waals surface area contributed by atoms with Crippen molar-refractivity contribution in [3.8, 4) is 5.75 Å². The molecule has 4 rings (SSSR count). The number of anilines is 2. The van der Waals surface area contributed by atoms with Gasteiger partial charge in [0.15, 0.2) is 16.6 Å². The van der Waals surface area contributed by atoms with Gasteiger partial charge in [-0.2, -0.15) is 0 Å². The number of nitrogens with one attached hydrogen (secondary N) is 1. The Hall–Kier alpha value is -2.58. The smallest absolute Gasteiger partial charge is 0.211 e. The Morgan fingerprint density at radius 2 is 1.96 bits per heavy atom. The summed E-state index contributed by atoms with van der Waals surface area (Å²) in [6, 6.07) is 15.1. The molecule has 1 aromatic heterocycles. The molecule has 6 nitrogen and oxygen atoms in total. The van der Waals surface area contributed by atoms with Crippen LogP contribution >= 0.6 is 23.5 Å². The molecule has 2 aromatic carbocycles. The largest absolute Gasteiger partial charge is 0.494 e. The van der Waals surface area contributed by atoms with Crippen LogP contribution in [0.4, 0.5) is 11.5 Å². The molecule has 0 atom stereocenters. The maximum absolute atomic E-state index is 12.4. The van der Waals surface area contributed by atoms with Crippen molar-refractivity contribution in [1.82, 2.24) is 15.2 Å². The van der Waals surface area contributed by atoms with Gasteiger partial charge >= 0.3 is 0 Å². The van der Waals surface area contributed by atoms with Crippen molar-refractivity contribution in [2.75, 3.05) is 17.7 Å². The number of carbonyl (C=O) groups is 1. The summed E-state index contributed by atoms with van der Waals surface area (Å²) in [5.74, 6) is 1.69. The minimum atomic E-state index is 0.0112. The van der Waals surface area contributed by atoms with Crippen LogP contribution in [0.5, 0.6) is 5.75 Å². The summed E-state index contributed by atoms with van der Waals surface area (Å²) in [5, 5.41) is 12.9. The fourth-order valence-corrected chi connectivity index (χ4v) is 4.06. The predicted molar refractivity (Wildman–Crippen MR) is 106 cm³/mol. The number of fused-ring (bicyclic) bond motifs is 2. The lowest BCUT2D eigenvalue weighted by atomic mass is 10.1. The van der Waals surface area contributed by atoms with E-state index in [1.54, 1.807) is 24.3 Å². The van der Waals surface area contributed by atoms with Gasteiger partial charge in [-0.15, -0.1) is 10.2 Å². The monoisotopic (exact) mass is 396 g/mol. The number of hydrogen-bond donors (Lipinski definition) is 1. The first-order valence-electron chi connectivity index (χ1n) is 8.40. The molecule has 0 unspecified atom stereocenters. The molecule has 1 aliphatic rings. The summed E-state index contributed by atoms with van der Waals surface area (Å²) >= 11 is 2.81. The van der Waals surface area contributed by atoms with Gasteiger partial charge in [-0.05, 0) is 43.3 Å². The third-order valence-electron chi connectivity index (χ3n) is 3.80. The molecule has 0 radical (unpaired) electrons. The van der Waals surface area contributed by atoms with E-state index in [1.807, 2.05) is 31.2 Å². The quantitative estimate of drug-likeness (QED) is 0.378. The summed E-state index contributed by atoms with van der Waals surface area (Å²) < 4.78 is 5.39. The highest BCUT2D eigenvalue weighted by atomic mass is 32.2. The molecule has 8 heteroatoms. The number of aromatic nitrogens is 3. The van der Waals surface area contributed by atoms with Gasteiger partial charge in [-0.1, -0.05) is 35.7 Å². The van der Waals surface area contributed by atoms with Gasteiger partial charge in [0.05, 0.1) is 18.0 Å². The number of hydrogen-bond acceptors (Lipinski definition) is 8. The van der Waals surface area contributed by atoms with Gasteiger partial charge in [0, 0.05) is 10.5 Å². The molecule has 0 bridgehead atoms. The van der Waals surface area contributed by atoms with Crippen LogP contribution in [0.2, 0.25) is 0 Å². The number of ether oxygens (including phenoxy) is 1. The fourth-order valence-electron chi connectivity index (χ4n) is 2.52. The minimum absolute atomic E-state index is 0.0112. The average molecular weight is 396 g/mol. The second kappa shape index (κ2) is 7.98. The molecule has 3 aromatic rings. The van der Waals surface area contributed by atoms with Crippen molar-refractivity contribution in [3.05, 3.63) is 54.1 Å². The normalized spacial score (nSPS) is 11.9. The number of rotatable bonds is 6. The van der Waals surface area contributed by atoms with Crippen molar-refractivity contribution >= 4 is 40.8 Å². The first-order valence-corrected chi connectivity index (χ1v) is 10.2. The van der Waals surface area contributed by atoms with Crippen LogP contribution in [0.25, 0.3) is 0 Å². The van der Waals surface area contributed by atoms with Gasteiger partial charge < -0.3 is 10.1 Å². The van der Waals surface area contributed by atoms with Crippen LogP contribution < -0.4 is 10.1 Å². The van der Waals surface area contributed by atoms with Crippen LogP contribution in [0, 0.1) is 0 Å². The molecule has 0 spiro atoms. The van der Waals surface area contributed by atoms with E-state index in [-0.39, 0.29) is 11.5 Å². The van der Waals surface area contributed by atoms with Crippen LogP contribution in [-0.4, -0.2) is 33.3 Å². The van der Waals surface area contributed by atoms with E-state index in [0.717, 1.165) is 21.4 Å². The van der Waals surface area contributed by atoms with Crippen LogP contribution in [-0.2, 0) is 0 Å². The van der Waals surface area contributed by atoms with Gasteiger partial charge in [-0.3, -0.25) is 4.79 Å². The van der Waals surface area contributed by atoms with Gasteiger partial charge in [0.2, 0.25) is 5.16 Å². The number of thioether (sulfide) groups is 1. The van der Waals surface area contributed by atoms with E-state index >= 15 is 0 Å². The highest BCUT2D eigenvalue weighted by Gasteiger charge is 2.19. The highest BCUT2D eigenvalue weighted by Crippen LogP contribution is 2.41. The summed E-state index contributed by atoms with van der Waals surface area (Å²) in [4.78, 5) is 18.0. The second-order valence-corrected chi connectivity index (χ2v) is 7.61. The van der Waals surface area contributed by atoms with E-state index in [2.05, 4.69) is 20.5 Å². The Balaban J connectivity index is 1.41. The summed E-state index contributed by atoms with van der Waals surface area (Å²) in [6.07, 6.45) is 0. The Morgan fingerprint density at radius 1 is 1.15 bits per heavy atom. The van der Waals surface area contributed by atoms with Crippen LogP contribution in [0.15, 0.2) is 63.6 Å². The Morgan fingerprint density at radius 3 is 2.78 bits per heavy atom. The lowest BCUT2D eigenvalue weighted by Gasteiger charge is -2.18. The third-order valence-corrected chi connectivity index (χ3v) is 5.68. The molecule has 0 saturated heterocycles. The van der Waals surface area contributed by atoms with Crippen molar-refractivity contribution in [2.24, 2.45) is 0 Å². The molecule has 1 aliphatic heterocycles. The van der Waals surface area contributed by atoms with E-state index < -0.39 is 0 Å². The number of para-hydroxylation sites is 1. The maximum atomic E-state index is 12.4. The lowest BCUT2D eigenvalue weighted by Crippen LogP contribution is -2.08. The first-order chi connectivity index (χ1) is 13.2. The van der Waals surface area contributed by atoms with Crippen molar-refractivity contribution in [3.63, 3.8) is 0 Å². The molecular weight excluding hydrogens is 380 g/mol. The number of ketones is 1. The minimum Gasteiger partial charge on any atom is -0.494 e. The molecule has 0 fully saturated rings. The standard InChI is InChI=1S/C19H16N4O2S2/c1-2-25-13-9-7-12(8-10-13)15(24)11-26-19-21-17-18(22-23-19)27-16-6-4-3-5-14(16)20-17/h3-10H,2,11H2,1H3,(H,20,21,23). The zero-order valence-electron chi connectivity index (χ0n) is 14.5. The summed E-state index contributed by atoms with van der Waals surface area (Å²) in [7, 11) is 0. The Kier molecular flexibility index (Phi) is 5.26. The van der Waals surface area contributed by atoms with E-state index in [1.165, 1.54) is 23.5 Å². The van der Waals surface area contributed by atoms with Crippen LogP contribution in [0.3, 0.4) is 0 Å². The zero-order valence-corrected chi connectivity index (χ0v) is 16.1. The van der Waals surface area contributed by atoms with Crippen molar-refractivity contribution < 1.29 is 9.53 Å². The summed E-state index contributed by atoms with van der Waals surface area (Å²) in [6.45, 7) is 2.52. The molecule has 27 heavy (non-hydrogen) atoms. The van der Waals surface area contributed by atoms with Crippen molar-refractivity contribution in [1.29, 1.82) is 0 Å². The van der Waals surface area contributed by atoms with E-state index in [0.29, 0.717) is 23.1 Å². The first kappa shape index (κ1) is 17.8. The topological polar surface area (TPSA) is 77.0 Å².